The van der Waals surface area contributed by atoms with E-state index in [-0.39, 0.29) is 5.56 Å². The van der Waals surface area contributed by atoms with Crippen molar-refractivity contribution in [3.05, 3.63) is 46.3 Å². The fraction of sp³-hybridized carbons (Fsp3) is 0.286. The first kappa shape index (κ1) is 13.8. The Balaban J connectivity index is 1.90. The molecule has 0 saturated carbocycles. The number of aromatic nitrogens is 4. The number of fused-ring (bicyclic) bond motifs is 1. The number of rotatable bonds is 4. The zero-order valence-corrected chi connectivity index (χ0v) is 12.6. The van der Waals surface area contributed by atoms with Crippen LogP contribution in [0.15, 0.2) is 38.7 Å². The summed E-state index contributed by atoms with van der Waals surface area (Å²) in [5.41, 5.74) is 0.644. The average Bonchev–Trinajstić information content (AvgIpc) is 2.97. The number of hydrogen-bond acceptors (Lipinski definition) is 6. The maximum atomic E-state index is 12.3. The lowest BCUT2D eigenvalue weighted by Crippen LogP contribution is -2.19. The van der Waals surface area contributed by atoms with E-state index in [1.807, 2.05) is 25.1 Å². The molecule has 0 atom stereocenters. The fourth-order valence-electron chi connectivity index (χ4n) is 1.95. The Hall–Kier alpha value is -2.15. The molecule has 7 heteroatoms. The van der Waals surface area contributed by atoms with Crippen LogP contribution in [0, 0.1) is 0 Å². The summed E-state index contributed by atoms with van der Waals surface area (Å²) in [5, 5.41) is 5.10. The molecule has 0 radical (unpaired) electrons. The van der Waals surface area contributed by atoms with Crippen molar-refractivity contribution in [2.75, 3.05) is 0 Å². The molecule has 0 bridgehead atoms. The average molecular weight is 302 g/mol. The summed E-state index contributed by atoms with van der Waals surface area (Å²) in [5.74, 6) is 1.72. The highest BCUT2D eigenvalue weighted by molar-refractivity contribution is 7.98. The summed E-state index contributed by atoms with van der Waals surface area (Å²) in [4.78, 5) is 21.0. The lowest BCUT2D eigenvalue weighted by atomic mass is 10.2. The Morgan fingerprint density at radius 3 is 2.86 bits per heavy atom. The summed E-state index contributed by atoms with van der Waals surface area (Å²) in [6.07, 6.45) is 0.737. The molecule has 3 aromatic rings. The van der Waals surface area contributed by atoms with Crippen LogP contribution in [-0.4, -0.2) is 19.7 Å². The minimum absolute atomic E-state index is 0.0529. The van der Waals surface area contributed by atoms with Crippen molar-refractivity contribution in [1.82, 2.24) is 19.7 Å². The second-order valence-corrected chi connectivity index (χ2v) is 5.46. The molecule has 0 aliphatic rings. The lowest BCUT2D eigenvalue weighted by Gasteiger charge is -2.07. The highest BCUT2D eigenvalue weighted by Gasteiger charge is 2.11. The molecule has 1 aromatic carbocycles. The molecule has 0 unspecified atom stereocenters. The Labute approximate surface area is 125 Å². The van der Waals surface area contributed by atoms with Crippen LogP contribution in [0.1, 0.15) is 18.6 Å². The van der Waals surface area contributed by atoms with Gasteiger partial charge in [-0.2, -0.15) is 4.98 Å². The maximum Gasteiger partial charge on any atom is 0.261 e. The fourth-order valence-corrected chi connectivity index (χ4v) is 2.75. The van der Waals surface area contributed by atoms with Crippen LogP contribution in [0.25, 0.3) is 10.9 Å². The second-order valence-electron chi connectivity index (χ2n) is 4.52. The van der Waals surface area contributed by atoms with E-state index in [1.54, 1.807) is 17.7 Å². The highest BCUT2D eigenvalue weighted by atomic mass is 32.2. The predicted octanol–water partition coefficient (Wildman–Crippen LogP) is 2.17. The smallest absolute Gasteiger partial charge is 0.261 e. The Morgan fingerprint density at radius 1 is 1.29 bits per heavy atom. The third kappa shape index (κ3) is 2.69. The van der Waals surface area contributed by atoms with Crippen molar-refractivity contribution in [1.29, 1.82) is 0 Å². The Morgan fingerprint density at radius 2 is 2.10 bits per heavy atom. The van der Waals surface area contributed by atoms with Gasteiger partial charge in [-0.15, -0.1) is 0 Å². The zero-order chi connectivity index (χ0) is 14.8. The molecule has 2 heterocycles. The predicted molar refractivity (Wildman–Crippen MR) is 80.2 cm³/mol. The van der Waals surface area contributed by atoms with E-state index in [1.165, 1.54) is 11.8 Å². The summed E-state index contributed by atoms with van der Waals surface area (Å²) in [7, 11) is 1.72. The second kappa shape index (κ2) is 5.69. The molecular formula is C14H14N4O2S. The first-order valence-electron chi connectivity index (χ1n) is 6.59. The monoisotopic (exact) mass is 302 g/mol. The van der Waals surface area contributed by atoms with Crippen molar-refractivity contribution in [3.8, 4) is 0 Å². The molecule has 0 saturated heterocycles. The number of thioether (sulfide) groups is 1. The largest absolute Gasteiger partial charge is 0.338 e. The molecule has 108 valence electrons. The molecular weight excluding hydrogens is 288 g/mol. The molecule has 3 rings (SSSR count). The maximum absolute atomic E-state index is 12.3. The molecule has 6 nitrogen and oxygen atoms in total. The van der Waals surface area contributed by atoms with Gasteiger partial charge in [-0.25, -0.2) is 4.98 Å². The molecule has 0 amide bonds. The lowest BCUT2D eigenvalue weighted by molar-refractivity contribution is 0.385. The Kier molecular flexibility index (Phi) is 3.74. The molecule has 2 aromatic heterocycles. The standard InChI is InChI=1S/C14H14N4O2S/c1-3-11-16-12(20-17-11)8-21-14-15-10-7-5-4-6-9(10)13(19)18(14)2/h4-7H,3,8H2,1-2H3. The van der Waals surface area contributed by atoms with Crippen molar-refractivity contribution < 1.29 is 4.52 Å². The van der Waals surface area contributed by atoms with Crippen LogP contribution >= 0.6 is 11.8 Å². The van der Waals surface area contributed by atoms with E-state index in [0.717, 1.165) is 6.42 Å². The number of benzene rings is 1. The van der Waals surface area contributed by atoms with Crippen LogP contribution in [0.3, 0.4) is 0 Å². The normalized spacial score (nSPS) is 11.1. The first-order valence-corrected chi connectivity index (χ1v) is 7.57. The van der Waals surface area contributed by atoms with Gasteiger partial charge < -0.3 is 4.52 Å². The minimum Gasteiger partial charge on any atom is -0.338 e. The first-order chi connectivity index (χ1) is 10.2. The number of nitrogens with zero attached hydrogens (tertiary/aromatic N) is 4. The van der Waals surface area contributed by atoms with Gasteiger partial charge in [0, 0.05) is 13.5 Å². The summed E-state index contributed by atoms with van der Waals surface area (Å²) < 4.78 is 6.68. The van der Waals surface area contributed by atoms with Crippen molar-refractivity contribution >= 4 is 22.7 Å². The van der Waals surface area contributed by atoms with Gasteiger partial charge in [0.1, 0.15) is 0 Å². The Bertz CT molecular complexity index is 840. The van der Waals surface area contributed by atoms with Gasteiger partial charge in [-0.1, -0.05) is 36.0 Å². The minimum atomic E-state index is -0.0529. The van der Waals surface area contributed by atoms with Gasteiger partial charge in [0.15, 0.2) is 11.0 Å². The van der Waals surface area contributed by atoms with Gasteiger partial charge >= 0.3 is 0 Å². The van der Waals surface area contributed by atoms with Crippen molar-refractivity contribution in [2.24, 2.45) is 7.05 Å². The quantitative estimate of drug-likeness (QED) is 0.543. The van der Waals surface area contributed by atoms with Gasteiger partial charge in [-0.05, 0) is 12.1 Å². The third-order valence-electron chi connectivity index (χ3n) is 3.09. The zero-order valence-electron chi connectivity index (χ0n) is 11.7. The summed E-state index contributed by atoms with van der Waals surface area (Å²) >= 11 is 1.41. The molecule has 21 heavy (non-hydrogen) atoms. The number of para-hydroxylation sites is 1. The van der Waals surface area contributed by atoms with Crippen molar-refractivity contribution in [3.63, 3.8) is 0 Å². The van der Waals surface area contributed by atoms with Crippen LogP contribution in [0.5, 0.6) is 0 Å². The van der Waals surface area contributed by atoms with Crippen LogP contribution < -0.4 is 5.56 Å². The van der Waals surface area contributed by atoms with E-state index in [4.69, 9.17) is 4.52 Å². The SMILES string of the molecule is CCc1noc(CSc2nc3ccccc3c(=O)n2C)n1. The van der Waals surface area contributed by atoms with E-state index < -0.39 is 0 Å². The number of aryl methyl sites for hydroxylation is 1. The summed E-state index contributed by atoms with van der Waals surface area (Å²) in [6.45, 7) is 1.97. The van der Waals surface area contributed by atoms with Gasteiger partial charge in [0.05, 0.1) is 16.7 Å². The van der Waals surface area contributed by atoms with Gasteiger partial charge in [0.25, 0.3) is 5.56 Å². The molecule has 0 spiro atoms. The van der Waals surface area contributed by atoms with E-state index in [0.29, 0.717) is 33.5 Å². The molecule has 0 aliphatic carbocycles. The molecule has 0 N–H and O–H groups in total. The van der Waals surface area contributed by atoms with E-state index in [9.17, 15) is 4.79 Å². The summed E-state index contributed by atoms with van der Waals surface area (Å²) in [6, 6.07) is 7.32. The topological polar surface area (TPSA) is 73.8 Å². The van der Waals surface area contributed by atoms with Crippen LogP contribution in [0.4, 0.5) is 0 Å². The highest BCUT2D eigenvalue weighted by Crippen LogP contribution is 2.20. The van der Waals surface area contributed by atoms with E-state index in [2.05, 4.69) is 15.1 Å². The van der Waals surface area contributed by atoms with Gasteiger partial charge in [-0.3, -0.25) is 9.36 Å². The van der Waals surface area contributed by atoms with E-state index >= 15 is 0 Å². The van der Waals surface area contributed by atoms with Crippen LogP contribution in [0.2, 0.25) is 0 Å². The van der Waals surface area contributed by atoms with Crippen LogP contribution in [-0.2, 0) is 19.2 Å². The van der Waals surface area contributed by atoms with Gasteiger partial charge in [0.2, 0.25) is 5.89 Å². The van der Waals surface area contributed by atoms with Crippen molar-refractivity contribution in [2.45, 2.75) is 24.3 Å². The molecule has 0 fully saturated rings. The third-order valence-corrected chi connectivity index (χ3v) is 4.11. The molecule has 0 aliphatic heterocycles. The number of hydrogen-bond donors (Lipinski definition) is 0.